The van der Waals surface area contributed by atoms with E-state index in [1.165, 1.54) is 0 Å². The molecule has 0 aromatic heterocycles. The van der Waals surface area contributed by atoms with E-state index in [0.29, 0.717) is 12.8 Å². The highest BCUT2D eigenvalue weighted by Gasteiger charge is 2.41. The molecular formula is C7H16N4O2. The zero-order chi connectivity index (χ0) is 10.5. The summed E-state index contributed by atoms with van der Waals surface area (Å²) >= 11 is 0. The third-order valence-corrected chi connectivity index (χ3v) is 2.34. The standard InChI is InChI=1S/C7H16N4O2/c1-3-7(4-2,5(12)10-8)6(13)11-9/h3-4,8-9H2,1-2H3,(H,10,12)(H,11,13). The van der Waals surface area contributed by atoms with Crippen LogP contribution in [0.1, 0.15) is 26.7 Å². The maximum atomic E-state index is 11.3. The van der Waals surface area contributed by atoms with Crippen molar-refractivity contribution in [1.29, 1.82) is 0 Å². The highest BCUT2D eigenvalue weighted by molar-refractivity contribution is 6.04. The van der Waals surface area contributed by atoms with E-state index in [2.05, 4.69) is 0 Å². The summed E-state index contributed by atoms with van der Waals surface area (Å²) in [6.07, 6.45) is 0.713. The molecule has 76 valence electrons. The number of carbonyl (C=O) groups is 2. The average Bonchev–Trinajstić information content (AvgIpc) is 2.19. The van der Waals surface area contributed by atoms with E-state index in [0.717, 1.165) is 0 Å². The minimum absolute atomic E-state index is 0.357. The van der Waals surface area contributed by atoms with Crippen molar-refractivity contribution in [3.05, 3.63) is 0 Å². The Hall–Kier alpha value is -1.14. The Morgan fingerprint density at radius 2 is 1.38 bits per heavy atom. The van der Waals surface area contributed by atoms with Gasteiger partial charge in [-0.3, -0.25) is 20.4 Å². The van der Waals surface area contributed by atoms with E-state index in [9.17, 15) is 9.59 Å². The summed E-state index contributed by atoms with van der Waals surface area (Å²) in [7, 11) is 0. The van der Waals surface area contributed by atoms with Gasteiger partial charge in [0.1, 0.15) is 5.41 Å². The molecule has 6 nitrogen and oxygen atoms in total. The maximum absolute atomic E-state index is 11.3. The summed E-state index contributed by atoms with van der Waals surface area (Å²) < 4.78 is 0. The molecule has 0 radical (unpaired) electrons. The summed E-state index contributed by atoms with van der Waals surface area (Å²) in [4.78, 5) is 22.7. The van der Waals surface area contributed by atoms with Crippen LogP contribution in [0, 0.1) is 5.41 Å². The van der Waals surface area contributed by atoms with Gasteiger partial charge in [-0.25, -0.2) is 11.7 Å². The van der Waals surface area contributed by atoms with E-state index in [1.54, 1.807) is 13.8 Å². The van der Waals surface area contributed by atoms with Gasteiger partial charge in [0.05, 0.1) is 0 Å². The van der Waals surface area contributed by atoms with Crippen molar-refractivity contribution in [1.82, 2.24) is 10.9 Å². The Balaban J connectivity index is 4.90. The molecule has 0 aromatic carbocycles. The Labute approximate surface area is 77.0 Å². The topological polar surface area (TPSA) is 110 Å². The molecule has 0 aliphatic carbocycles. The molecule has 0 atom stereocenters. The molecule has 13 heavy (non-hydrogen) atoms. The van der Waals surface area contributed by atoms with Gasteiger partial charge in [-0.15, -0.1) is 0 Å². The summed E-state index contributed by atoms with van der Waals surface area (Å²) in [5.74, 6) is 8.94. The van der Waals surface area contributed by atoms with Crippen LogP contribution in [0.25, 0.3) is 0 Å². The van der Waals surface area contributed by atoms with Crippen LogP contribution < -0.4 is 22.5 Å². The van der Waals surface area contributed by atoms with Crippen molar-refractivity contribution in [3.8, 4) is 0 Å². The van der Waals surface area contributed by atoms with Crippen molar-refractivity contribution in [2.75, 3.05) is 0 Å². The third-order valence-electron chi connectivity index (χ3n) is 2.34. The molecule has 0 heterocycles. The first-order valence-electron chi connectivity index (χ1n) is 4.11. The summed E-state index contributed by atoms with van der Waals surface area (Å²) in [5, 5.41) is 0. The predicted molar refractivity (Wildman–Crippen MR) is 47.7 cm³/mol. The van der Waals surface area contributed by atoms with E-state index in [-0.39, 0.29) is 0 Å². The highest BCUT2D eigenvalue weighted by Crippen LogP contribution is 2.26. The molecule has 0 aromatic rings. The molecule has 0 bridgehead atoms. The molecule has 0 unspecified atom stereocenters. The first kappa shape index (κ1) is 11.9. The smallest absolute Gasteiger partial charge is 0.249 e. The minimum atomic E-state index is -1.15. The quantitative estimate of drug-likeness (QED) is 0.192. The van der Waals surface area contributed by atoms with Crippen LogP contribution in [-0.4, -0.2) is 11.8 Å². The largest absolute Gasteiger partial charge is 0.293 e. The SMILES string of the molecule is CCC(CC)(C(=O)NN)C(=O)NN. The average molecular weight is 188 g/mol. The van der Waals surface area contributed by atoms with Crippen molar-refractivity contribution in [2.24, 2.45) is 17.1 Å². The van der Waals surface area contributed by atoms with Crippen LogP contribution in [0.3, 0.4) is 0 Å². The molecule has 0 saturated carbocycles. The Morgan fingerprint density at radius 3 is 1.54 bits per heavy atom. The fourth-order valence-electron chi connectivity index (χ4n) is 1.27. The summed E-state index contributed by atoms with van der Waals surface area (Å²) in [6, 6.07) is 0. The summed E-state index contributed by atoms with van der Waals surface area (Å²) in [5.41, 5.74) is 2.79. The molecule has 6 N–H and O–H groups in total. The third kappa shape index (κ3) is 1.96. The number of hydrogen-bond acceptors (Lipinski definition) is 4. The van der Waals surface area contributed by atoms with Gasteiger partial charge in [0, 0.05) is 0 Å². The lowest BCUT2D eigenvalue weighted by atomic mass is 9.81. The fourth-order valence-corrected chi connectivity index (χ4v) is 1.27. The molecular weight excluding hydrogens is 172 g/mol. The van der Waals surface area contributed by atoms with Gasteiger partial charge in [-0.2, -0.15) is 0 Å². The molecule has 0 aliphatic heterocycles. The first-order chi connectivity index (χ1) is 6.08. The molecule has 0 rings (SSSR count). The number of nitrogens with two attached hydrogens (primary N) is 2. The van der Waals surface area contributed by atoms with E-state index in [4.69, 9.17) is 11.7 Å². The predicted octanol–water partition coefficient (Wildman–Crippen LogP) is -1.23. The van der Waals surface area contributed by atoms with Gasteiger partial charge in [-0.1, -0.05) is 13.8 Å². The maximum Gasteiger partial charge on any atom is 0.249 e. The van der Waals surface area contributed by atoms with Gasteiger partial charge in [-0.05, 0) is 12.8 Å². The fraction of sp³-hybridized carbons (Fsp3) is 0.714. The Morgan fingerprint density at radius 1 is 1.08 bits per heavy atom. The van der Waals surface area contributed by atoms with Gasteiger partial charge >= 0.3 is 0 Å². The van der Waals surface area contributed by atoms with Gasteiger partial charge < -0.3 is 0 Å². The first-order valence-corrected chi connectivity index (χ1v) is 4.11. The number of amides is 2. The van der Waals surface area contributed by atoms with Crippen LogP contribution in [0.5, 0.6) is 0 Å². The van der Waals surface area contributed by atoms with Crippen LogP contribution in [0.4, 0.5) is 0 Å². The number of hydrazine groups is 2. The lowest BCUT2D eigenvalue weighted by Crippen LogP contribution is -2.54. The molecule has 6 heteroatoms. The lowest BCUT2D eigenvalue weighted by Gasteiger charge is -2.26. The number of carbonyl (C=O) groups excluding carboxylic acids is 2. The second kappa shape index (κ2) is 4.78. The van der Waals surface area contributed by atoms with Gasteiger partial charge in [0.2, 0.25) is 11.8 Å². The van der Waals surface area contributed by atoms with E-state index < -0.39 is 17.2 Å². The second-order valence-corrected chi connectivity index (χ2v) is 2.74. The highest BCUT2D eigenvalue weighted by atomic mass is 16.2. The molecule has 0 aliphatic rings. The molecule has 0 spiro atoms. The van der Waals surface area contributed by atoms with E-state index in [1.807, 2.05) is 10.9 Å². The van der Waals surface area contributed by atoms with Gasteiger partial charge in [0.15, 0.2) is 0 Å². The molecule has 0 fully saturated rings. The van der Waals surface area contributed by atoms with Crippen molar-refractivity contribution >= 4 is 11.8 Å². The molecule has 0 saturated heterocycles. The normalized spacial score (nSPS) is 10.8. The summed E-state index contributed by atoms with van der Waals surface area (Å²) in [6.45, 7) is 3.46. The number of nitrogens with one attached hydrogen (secondary N) is 2. The van der Waals surface area contributed by atoms with Crippen molar-refractivity contribution in [2.45, 2.75) is 26.7 Å². The van der Waals surface area contributed by atoms with E-state index >= 15 is 0 Å². The van der Waals surface area contributed by atoms with Gasteiger partial charge in [0.25, 0.3) is 0 Å². The Bertz CT molecular complexity index is 183. The monoisotopic (exact) mass is 188 g/mol. The van der Waals surface area contributed by atoms with Crippen molar-refractivity contribution in [3.63, 3.8) is 0 Å². The second-order valence-electron chi connectivity index (χ2n) is 2.74. The van der Waals surface area contributed by atoms with Crippen LogP contribution >= 0.6 is 0 Å². The van der Waals surface area contributed by atoms with Crippen LogP contribution in [0.2, 0.25) is 0 Å². The number of hydrogen-bond donors (Lipinski definition) is 4. The minimum Gasteiger partial charge on any atom is -0.293 e. The lowest BCUT2D eigenvalue weighted by molar-refractivity contribution is -0.144. The Kier molecular flexibility index (Phi) is 4.36. The zero-order valence-electron chi connectivity index (χ0n) is 7.89. The molecule has 2 amide bonds. The number of rotatable bonds is 4. The van der Waals surface area contributed by atoms with Crippen LogP contribution in [-0.2, 0) is 9.59 Å². The van der Waals surface area contributed by atoms with Crippen molar-refractivity contribution < 1.29 is 9.59 Å². The zero-order valence-corrected chi connectivity index (χ0v) is 7.89. The van der Waals surface area contributed by atoms with Crippen LogP contribution in [0.15, 0.2) is 0 Å².